The van der Waals surface area contributed by atoms with E-state index in [2.05, 4.69) is 48.0 Å². The van der Waals surface area contributed by atoms with Gasteiger partial charge in [-0.05, 0) is 49.5 Å². The number of piperidine rings is 1. The van der Waals surface area contributed by atoms with Crippen LogP contribution in [0.3, 0.4) is 0 Å². The van der Waals surface area contributed by atoms with Gasteiger partial charge in [0.1, 0.15) is 12.4 Å². The Morgan fingerprint density at radius 1 is 1.17 bits per heavy atom. The fourth-order valence-electron chi connectivity index (χ4n) is 3.29. The number of likely N-dealkylation sites (tertiary alicyclic amines) is 1. The van der Waals surface area contributed by atoms with Crippen LogP contribution >= 0.6 is 0 Å². The highest BCUT2D eigenvalue weighted by molar-refractivity contribution is 5.88. The van der Waals surface area contributed by atoms with Crippen molar-refractivity contribution in [3.8, 4) is 5.75 Å². The van der Waals surface area contributed by atoms with Crippen molar-refractivity contribution in [1.29, 1.82) is 0 Å². The second kappa shape index (κ2) is 8.32. The molecule has 3 heteroatoms. The first-order chi connectivity index (χ1) is 11.8. The smallest absolute Gasteiger partial charge is 0.127 e. The van der Waals surface area contributed by atoms with Gasteiger partial charge >= 0.3 is 0 Å². The van der Waals surface area contributed by atoms with Gasteiger partial charge in [0.25, 0.3) is 0 Å². The number of nitrogens with zero attached hydrogens (tertiary/aromatic N) is 1. The van der Waals surface area contributed by atoms with E-state index in [0.717, 1.165) is 29.8 Å². The van der Waals surface area contributed by atoms with Crippen LogP contribution in [0.15, 0.2) is 54.6 Å². The van der Waals surface area contributed by atoms with E-state index in [9.17, 15) is 0 Å². The van der Waals surface area contributed by atoms with Crippen molar-refractivity contribution in [3.05, 3.63) is 54.6 Å². The normalized spacial score (nSPS) is 16.4. The van der Waals surface area contributed by atoms with Gasteiger partial charge < -0.3 is 15.0 Å². The van der Waals surface area contributed by atoms with Crippen LogP contribution < -0.4 is 10.1 Å². The molecule has 0 bridgehead atoms. The molecule has 1 aliphatic rings. The number of fused-ring (bicyclic) bond motifs is 1. The Balaban J connectivity index is 1.46. The Bertz CT molecular complexity index is 669. The van der Waals surface area contributed by atoms with Crippen LogP contribution in [0.25, 0.3) is 10.8 Å². The Morgan fingerprint density at radius 3 is 2.71 bits per heavy atom. The lowest BCUT2D eigenvalue weighted by Crippen LogP contribution is -2.43. The maximum atomic E-state index is 6.01. The monoisotopic (exact) mass is 324 g/mol. The summed E-state index contributed by atoms with van der Waals surface area (Å²) in [5, 5.41) is 6.00. The molecule has 0 radical (unpaired) electrons. The fourth-order valence-corrected chi connectivity index (χ4v) is 3.29. The van der Waals surface area contributed by atoms with Crippen LogP contribution in [0.1, 0.15) is 19.8 Å². The lowest BCUT2D eigenvalue weighted by Gasteiger charge is -2.31. The van der Waals surface area contributed by atoms with E-state index in [1.165, 1.54) is 31.3 Å². The SMILES string of the molecule is C=C(CNC1CCN(CC)CC1)COc1cccc2ccccc12. The first-order valence-corrected chi connectivity index (χ1v) is 8.99. The molecule has 0 saturated carbocycles. The minimum Gasteiger partial charge on any atom is -0.489 e. The number of benzene rings is 2. The maximum Gasteiger partial charge on any atom is 0.127 e. The van der Waals surface area contributed by atoms with Gasteiger partial charge in [-0.3, -0.25) is 0 Å². The lowest BCUT2D eigenvalue weighted by atomic mass is 10.0. The molecule has 0 aliphatic carbocycles. The summed E-state index contributed by atoms with van der Waals surface area (Å²) in [6.45, 7) is 11.4. The molecule has 1 fully saturated rings. The molecule has 128 valence electrons. The Hall–Kier alpha value is -1.84. The Morgan fingerprint density at radius 2 is 1.92 bits per heavy atom. The van der Waals surface area contributed by atoms with E-state index in [1.807, 2.05) is 18.2 Å². The molecule has 3 rings (SSSR count). The highest BCUT2D eigenvalue weighted by atomic mass is 16.5. The summed E-state index contributed by atoms with van der Waals surface area (Å²) in [6, 6.07) is 15.1. The van der Waals surface area contributed by atoms with Crippen LogP contribution in [0.2, 0.25) is 0 Å². The van der Waals surface area contributed by atoms with Crippen molar-refractivity contribution in [3.63, 3.8) is 0 Å². The van der Waals surface area contributed by atoms with E-state index in [4.69, 9.17) is 4.74 Å². The second-order valence-corrected chi connectivity index (χ2v) is 6.61. The number of nitrogens with one attached hydrogen (secondary N) is 1. The third-order valence-electron chi connectivity index (χ3n) is 4.86. The molecule has 0 aromatic heterocycles. The molecular formula is C21H28N2O. The molecule has 0 spiro atoms. The summed E-state index contributed by atoms with van der Waals surface area (Å²) in [6.07, 6.45) is 2.45. The minimum absolute atomic E-state index is 0.564. The van der Waals surface area contributed by atoms with E-state index >= 15 is 0 Å². The highest BCUT2D eigenvalue weighted by Crippen LogP contribution is 2.25. The molecule has 3 nitrogen and oxygen atoms in total. The van der Waals surface area contributed by atoms with E-state index < -0.39 is 0 Å². The van der Waals surface area contributed by atoms with Crippen LogP contribution in [0.4, 0.5) is 0 Å². The zero-order valence-electron chi connectivity index (χ0n) is 14.6. The highest BCUT2D eigenvalue weighted by Gasteiger charge is 2.17. The average Bonchev–Trinajstić information content (AvgIpc) is 2.65. The largest absolute Gasteiger partial charge is 0.489 e. The first kappa shape index (κ1) is 17.0. The number of rotatable bonds is 7. The van der Waals surface area contributed by atoms with E-state index in [-0.39, 0.29) is 0 Å². The number of ether oxygens (including phenoxy) is 1. The van der Waals surface area contributed by atoms with E-state index in [1.54, 1.807) is 0 Å². The van der Waals surface area contributed by atoms with Crippen molar-refractivity contribution in [1.82, 2.24) is 10.2 Å². The predicted octanol–water partition coefficient (Wildman–Crippen LogP) is 3.85. The summed E-state index contributed by atoms with van der Waals surface area (Å²) in [4.78, 5) is 2.51. The molecule has 1 N–H and O–H groups in total. The van der Waals surface area contributed by atoms with Crippen LogP contribution in [-0.4, -0.2) is 43.7 Å². The summed E-state index contributed by atoms with van der Waals surface area (Å²) < 4.78 is 6.01. The molecule has 0 amide bonds. The second-order valence-electron chi connectivity index (χ2n) is 6.61. The fraction of sp³-hybridized carbons (Fsp3) is 0.429. The summed E-state index contributed by atoms with van der Waals surface area (Å²) in [5.74, 6) is 0.936. The molecule has 1 aliphatic heterocycles. The van der Waals surface area contributed by atoms with Gasteiger partial charge in [-0.1, -0.05) is 49.9 Å². The molecule has 2 aromatic rings. The quantitative estimate of drug-likeness (QED) is 0.783. The summed E-state index contributed by atoms with van der Waals surface area (Å²) in [5.41, 5.74) is 1.10. The minimum atomic E-state index is 0.564. The van der Waals surface area contributed by atoms with Gasteiger partial charge in [-0.25, -0.2) is 0 Å². The maximum absolute atomic E-state index is 6.01. The van der Waals surface area contributed by atoms with Crippen LogP contribution in [0.5, 0.6) is 5.75 Å². The summed E-state index contributed by atoms with van der Waals surface area (Å²) >= 11 is 0. The van der Waals surface area contributed by atoms with Gasteiger partial charge in [-0.15, -0.1) is 0 Å². The van der Waals surface area contributed by atoms with Crippen LogP contribution in [-0.2, 0) is 0 Å². The van der Waals surface area contributed by atoms with Gasteiger partial charge in [-0.2, -0.15) is 0 Å². The average molecular weight is 324 g/mol. The molecular weight excluding hydrogens is 296 g/mol. The van der Waals surface area contributed by atoms with Gasteiger partial charge in [0.05, 0.1) is 0 Å². The first-order valence-electron chi connectivity index (χ1n) is 8.99. The van der Waals surface area contributed by atoms with Crippen LogP contribution in [0, 0.1) is 0 Å². The molecule has 0 unspecified atom stereocenters. The van der Waals surface area contributed by atoms with Gasteiger partial charge in [0.15, 0.2) is 0 Å². The van der Waals surface area contributed by atoms with E-state index in [0.29, 0.717) is 12.6 Å². The Kier molecular flexibility index (Phi) is 5.89. The molecule has 1 saturated heterocycles. The van der Waals surface area contributed by atoms with Crippen molar-refractivity contribution < 1.29 is 4.74 Å². The topological polar surface area (TPSA) is 24.5 Å². The van der Waals surface area contributed by atoms with Crippen molar-refractivity contribution in [2.45, 2.75) is 25.8 Å². The number of hydrogen-bond acceptors (Lipinski definition) is 3. The summed E-state index contributed by atoms with van der Waals surface area (Å²) in [7, 11) is 0. The van der Waals surface area contributed by atoms with Crippen molar-refractivity contribution in [2.75, 3.05) is 32.8 Å². The third-order valence-corrected chi connectivity index (χ3v) is 4.86. The molecule has 2 aromatic carbocycles. The number of hydrogen-bond donors (Lipinski definition) is 1. The zero-order valence-corrected chi connectivity index (χ0v) is 14.6. The zero-order chi connectivity index (χ0) is 16.8. The van der Waals surface area contributed by atoms with Crippen molar-refractivity contribution >= 4 is 10.8 Å². The lowest BCUT2D eigenvalue weighted by molar-refractivity contribution is 0.207. The molecule has 0 atom stereocenters. The molecule has 24 heavy (non-hydrogen) atoms. The predicted molar refractivity (Wildman–Crippen MR) is 102 cm³/mol. The Labute approximate surface area is 145 Å². The van der Waals surface area contributed by atoms with Crippen molar-refractivity contribution in [2.24, 2.45) is 0 Å². The van der Waals surface area contributed by atoms with Gasteiger partial charge in [0, 0.05) is 18.0 Å². The standard InChI is InChI=1S/C21H28N2O/c1-3-23-13-11-19(12-14-23)22-15-17(2)16-24-21-10-6-8-18-7-4-5-9-20(18)21/h4-10,19,22H,2-3,11-16H2,1H3. The third kappa shape index (κ3) is 4.37. The van der Waals surface area contributed by atoms with Gasteiger partial charge in [0.2, 0.25) is 0 Å². The molecule has 1 heterocycles.